The molecule has 0 bridgehead atoms. The molecule has 0 saturated carbocycles. The number of benzene rings is 1. The van der Waals surface area contributed by atoms with Gasteiger partial charge in [0, 0.05) is 13.3 Å². The first kappa shape index (κ1) is 18.7. The van der Waals surface area contributed by atoms with Crippen molar-refractivity contribution in [3.8, 4) is 0 Å². The average Bonchev–Trinajstić information content (AvgIpc) is 2.56. The van der Waals surface area contributed by atoms with E-state index in [2.05, 4.69) is 0 Å². The van der Waals surface area contributed by atoms with E-state index < -0.39 is 24.5 Å². The van der Waals surface area contributed by atoms with Crippen LogP contribution < -0.4 is 0 Å². The fourth-order valence-electron chi connectivity index (χ4n) is 2.85. The Bertz CT molecular complexity index is 684. The van der Waals surface area contributed by atoms with Crippen LogP contribution in [0.2, 0.25) is 0 Å². The molecule has 0 aliphatic carbocycles. The molecule has 1 aromatic rings. The molecule has 0 saturated heterocycles. The Kier molecular flexibility index (Phi) is 5.93. The number of nitrogens with zero attached hydrogens (tertiary/aromatic N) is 2. The molecule has 1 atom stereocenters. The summed E-state index contributed by atoms with van der Waals surface area (Å²) < 4.78 is 4.91. The van der Waals surface area contributed by atoms with E-state index in [4.69, 9.17) is 4.74 Å². The third-order valence-electron chi connectivity index (χ3n) is 3.92. The van der Waals surface area contributed by atoms with Crippen LogP contribution in [0.15, 0.2) is 36.5 Å². The molecule has 2 amide bonds. The predicted octanol–water partition coefficient (Wildman–Crippen LogP) is 1.41. The minimum absolute atomic E-state index is 0.159. The molecule has 0 radical (unpaired) electrons. The van der Waals surface area contributed by atoms with E-state index in [0.29, 0.717) is 11.3 Å². The maximum absolute atomic E-state index is 13.0. The molecular formula is C18H22N2O5. The zero-order valence-corrected chi connectivity index (χ0v) is 14.5. The normalized spacial score (nSPS) is 17.7. The molecule has 2 rings (SSSR count). The van der Waals surface area contributed by atoms with Crippen molar-refractivity contribution in [2.24, 2.45) is 5.92 Å². The number of hydrogen-bond acceptors (Lipinski definition) is 4. The van der Waals surface area contributed by atoms with Gasteiger partial charge < -0.3 is 14.7 Å². The molecule has 1 N–H and O–H groups in total. The second-order valence-corrected chi connectivity index (χ2v) is 6.12. The number of amides is 2. The van der Waals surface area contributed by atoms with Crippen molar-refractivity contribution in [1.29, 1.82) is 0 Å². The summed E-state index contributed by atoms with van der Waals surface area (Å²) in [7, 11) is 1.41. The molecule has 1 aliphatic heterocycles. The fraction of sp³-hybridized carbons (Fsp3) is 0.389. The molecule has 0 spiro atoms. The maximum Gasteiger partial charge on any atom is 0.323 e. The second kappa shape index (κ2) is 7.94. The predicted molar refractivity (Wildman–Crippen MR) is 91.1 cm³/mol. The monoisotopic (exact) mass is 346 g/mol. The summed E-state index contributed by atoms with van der Waals surface area (Å²) in [6, 6.07) is 8.16. The van der Waals surface area contributed by atoms with E-state index in [9.17, 15) is 19.5 Å². The Morgan fingerprint density at radius 2 is 1.88 bits per heavy atom. The standard InChI is InChI=1S/C18H22N2O5/c1-12(2)17-18(24)19(10-16(22)23)14(13-7-5-4-6-8-13)9-20(17)15(21)11-25-3/h4-9,12,17H,10-11H2,1-3H3,(H,22,23)/t17-/m0/s1. The highest BCUT2D eigenvalue weighted by molar-refractivity contribution is 5.99. The van der Waals surface area contributed by atoms with E-state index in [1.807, 2.05) is 19.9 Å². The smallest absolute Gasteiger partial charge is 0.323 e. The van der Waals surface area contributed by atoms with Gasteiger partial charge in [0.2, 0.25) is 0 Å². The second-order valence-electron chi connectivity index (χ2n) is 6.12. The van der Waals surface area contributed by atoms with Crippen molar-refractivity contribution in [3.63, 3.8) is 0 Å². The first-order valence-electron chi connectivity index (χ1n) is 7.97. The van der Waals surface area contributed by atoms with Crippen LogP contribution in [0.1, 0.15) is 19.4 Å². The number of rotatable bonds is 6. The Labute approximate surface area is 146 Å². The number of aliphatic carboxylic acids is 1. The summed E-state index contributed by atoms with van der Waals surface area (Å²) in [4.78, 5) is 39.3. The molecule has 7 nitrogen and oxygen atoms in total. The van der Waals surface area contributed by atoms with Crippen LogP contribution in [-0.4, -0.2) is 59.0 Å². The van der Waals surface area contributed by atoms with Crippen LogP contribution in [0.4, 0.5) is 0 Å². The quantitative estimate of drug-likeness (QED) is 0.841. The number of methoxy groups -OCH3 is 1. The van der Waals surface area contributed by atoms with E-state index in [-0.39, 0.29) is 18.4 Å². The largest absolute Gasteiger partial charge is 0.480 e. The lowest BCUT2D eigenvalue weighted by Crippen LogP contribution is -2.56. The average molecular weight is 346 g/mol. The van der Waals surface area contributed by atoms with Crippen molar-refractivity contribution in [2.75, 3.05) is 20.3 Å². The van der Waals surface area contributed by atoms with E-state index in [0.717, 1.165) is 0 Å². The van der Waals surface area contributed by atoms with Gasteiger partial charge in [-0.05, 0) is 11.5 Å². The van der Waals surface area contributed by atoms with Crippen molar-refractivity contribution >= 4 is 23.5 Å². The Hall–Kier alpha value is -2.67. The number of carbonyl (C=O) groups is 3. The van der Waals surface area contributed by atoms with Gasteiger partial charge in [0.25, 0.3) is 11.8 Å². The summed E-state index contributed by atoms with van der Waals surface area (Å²) in [5.74, 6) is -2.06. The lowest BCUT2D eigenvalue weighted by molar-refractivity contribution is -0.149. The summed E-state index contributed by atoms with van der Waals surface area (Å²) in [6.45, 7) is 3.01. The van der Waals surface area contributed by atoms with Crippen molar-refractivity contribution in [3.05, 3.63) is 42.1 Å². The zero-order chi connectivity index (χ0) is 18.6. The first-order valence-corrected chi connectivity index (χ1v) is 7.97. The van der Waals surface area contributed by atoms with Gasteiger partial charge in [-0.25, -0.2) is 0 Å². The Morgan fingerprint density at radius 3 is 2.40 bits per heavy atom. The number of carboxylic acid groups (broad SMARTS) is 1. The number of hydrogen-bond donors (Lipinski definition) is 1. The van der Waals surface area contributed by atoms with Gasteiger partial charge in [-0.2, -0.15) is 0 Å². The summed E-state index contributed by atoms with van der Waals surface area (Å²) in [5, 5.41) is 9.21. The van der Waals surface area contributed by atoms with Gasteiger partial charge in [0.15, 0.2) is 0 Å². The maximum atomic E-state index is 13.0. The van der Waals surface area contributed by atoms with Gasteiger partial charge in [0.05, 0.1) is 5.70 Å². The van der Waals surface area contributed by atoms with Gasteiger partial charge in [0.1, 0.15) is 19.2 Å². The van der Waals surface area contributed by atoms with Crippen LogP contribution in [0.25, 0.3) is 5.70 Å². The molecule has 0 fully saturated rings. The van der Waals surface area contributed by atoms with Crippen molar-refractivity contribution in [1.82, 2.24) is 9.80 Å². The number of carboxylic acids is 1. The lowest BCUT2D eigenvalue weighted by Gasteiger charge is -2.40. The van der Waals surface area contributed by atoms with Crippen molar-refractivity contribution in [2.45, 2.75) is 19.9 Å². The van der Waals surface area contributed by atoms with Gasteiger partial charge in [-0.1, -0.05) is 44.2 Å². The summed E-state index contributed by atoms with van der Waals surface area (Å²) in [6.07, 6.45) is 1.55. The van der Waals surface area contributed by atoms with Gasteiger partial charge in [-0.3, -0.25) is 19.3 Å². The van der Waals surface area contributed by atoms with Crippen LogP contribution >= 0.6 is 0 Å². The van der Waals surface area contributed by atoms with Gasteiger partial charge >= 0.3 is 5.97 Å². The molecule has 1 heterocycles. The molecule has 0 unspecified atom stereocenters. The molecule has 1 aromatic carbocycles. The molecular weight excluding hydrogens is 324 g/mol. The van der Waals surface area contributed by atoms with E-state index in [1.165, 1.54) is 16.9 Å². The molecule has 25 heavy (non-hydrogen) atoms. The zero-order valence-electron chi connectivity index (χ0n) is 14.5. The minimum Gasteiger partial charge on any atom is -0.480 e. The highest BCUT2D eigenvalue weighted by Gasteiger charge is 2.40. The summed E-state index contributed by atoms with van der Waals surface area (Å²) >= 11 is 0. The third kappa shape index (κ3) is 4.06. The SMILES string of the molecule is COCC(=O)N1C=C(c2ccccc2)N(CC(=O)O)C(=O)[C@@H]1C(C)C. The Balaban J connectivity index is 2.56. The minimum atomic E-state index is -1.12. The molecule has 0 aromatic heterocycles. The first-order chi connectivity index (χ1) is 11.9. The molecule has 1 aliphatic rings. The topological polar surface area (TPSA) is 87.2 Å². The van der Waals surface area contributed by atoms with E-state index in [1.54, 1.807) is 30.5 Å². The highest BCUT2D eigenvalue weighted by Crippen LogP contribution is 2.29. The van der Waals surface area contributed by atoms with Gasteiger partial charge in [-0.15, -0.1) is 0 Å². The van der Waals surface area contributed by atoms with Crippen molar-refractivity contribution < 1.29 is 24.2 Å². The van der Waals surface area contributed by atoms with Crippen LogP contribution in [0.3, 0.4) is 0 Å². The fourth-order valence-corrected chi connectivity index (χ4v) is 2.85. The summed E-state index contributed by atoms with van der Waals surface area (Å²) in [5.41, 5.74) is 1.05. The van der Waals surface area contributed by atoms with Crippen LogP contribution in [0, 0.1) is 5.92 Å². The number of ether oxygens (including phenoxy) is 1. The highest BCUT2D eigenvalue weighted by atomic mass is 16.5. The lowest BCUT2D eigenvalue weighted by atomic mass is 9.97. The van der Waals surface area contributed by atoms with Crippen LogP contribution in [-0.2, 0) is 19.1 Å². The molecule has 134 valence electrons. The van der Waals surface area contributed by atoms with E-state index >= 15 is 0 Å². The van der Waals surface area contributed by atoms with Crippen LogP contribution in [0.5, 0.6) is 0 Å². The Morgan fingerprint density at radius 1 is 1.24 bits per heavy atom. The number of carbonyl (C=O) groups excluding carboxylic acids is 2. The third-order valence-corrected chi connectivity index (χ3v) is 3.92. The molecule has 7 heteroatoms.